The first kappa shape index (κ1) is 30.5. The van der Waals surface area contributed by atoms with Crippen LogP contribution in [0.3, 0.4) is 0 Å². The molecule has 1 amide bonds. The second kappa shape index (κ2) is 11.9. The van der Waals surface area contributed by atoms with Crippen LogP contribution < -0.4 is 19.9 Å². The number of benzene rings is 2. The normalized spacial score (nSPS) is 17.4. The van der Waals surface area contributed by atoms with Crippen LogP contribution in [0.4, 0.5) is 28.9 Å². The summed E-state index contributed by atoms with van der Waals surface area (Å²) >= 11 is 6.14. The fraction of sp³-hybridized carbons (Fsp3) is 0.355. The maximum Gasteiger partial charge on any atom is 0.573 e. The van der Waals surface area contributed by atoms with E-state index in [9.17, 15) is 18.0 Å². The standard InChI is InChI=1S/C31H32ClF4N5O2/c1-4-25-28(40-18-21(32)7-13-27(40)38-25)29(42)37-17-20-6-12-26(24(33)16-20)39-14-15-41(30(3,5-2)19-39)22-8-10-23(11-9-22)43-31(34,35)36/h6-13,16,18H,4-5,14-15,17,19H2,1-3H3,(H,37,42)/t30-/m0/s1. The Morgan fingerprint density at radius 3 is 2.49 bits per heavy atom. The highest BCUT2D eigenvalue weighted by Crippen LogP contribution is 2.35. The van der Waals surface area contributed by atoms with E-state index in [1.54, 1.807) is 47.0 Å². The number of amides is 1. The van der Waals surface area contributed by atoms with Crippen LogP contribution in [-0.4, -0.2) is 46.8 Å². The van der Waals surface area contributed by atoms with Crippen LogP contribution in [0.2, 0.25) is 5.02 Å². The molecule has 12 heteroatoms. The first-order valence-electron chi connectivity index (χ1n) is 14.0. The molecular formula is C31H32ClF4N5O2. The van der Waals surface area contributed by atoms with Gasteiger partial charge in [0.1, 0.15) is 22.9 Å². The third-order valence-electron chi connectivity index (χ3n) is 7.93. The molecule has 1 saturated heterocycles. The summed E-state index contributed by atoms with van der Waals surface area (Å²) in [7, 11) is 0. The van der Waals surface area contributed by atoms with Gasteiger partial charge in [0.05, 0.1) is 21.9 Å². The number of nitrogens with one attached hydrogen (secondary N) is 1. The molecule has 0 bridgehead atoms. The van der Waals surface area contributed by atoms with Gasteiger partial charge in [-0.15, -0.1) is 13.2 Å². The number of halogens is 5. The molecule has 2 aromatic heterocycles. The third kappa shape index (κ3) is 6.51. The summed E-state index contributed by atoms with van der Waals surface area (Å²) in [5, 5.41) is 3.35. The first-order valence-corrected chi connectivity index (χ1v) is 14.4. The van der Waals surface area contributed by atoms with E-state index in [0.29, 0.717) is 59.4 Å². The Labute approximate surface area is 252 Å². The van der Waals surface area contributed by atoms with Crippen molar-refractivity contribution >= 4 is 34.5 Å². The van der Waals surface area contributed by atoms with E-state index < -0.39 is 17.7 Å². The summed E-state index contributed by atoms with van der Waals surface area (Å²) in [6.45, 7) is 7.70. The Morgan fingerprint density at radius 2 is 1.84 bits per heavy atom. The van der Waals surface area contributed by atoms with Crippen molar-refractivity contribution in [3.8, 4) is 5.75 Å². The van der Waals surface area contributed by atoms with Crippen molar-refractivity contribution in [1.29, 1.82) is 0 Å². The largest absolute Gasteiger partial charge is 0.573 e. The molecule has 0 unspecified atom stereocenters. The van der Waals surface area contributed by atoms with Crippen LogP contribution in [-0.2, 0) is 13.0 Å². The van der Waals surface area contributed by atoms with E-state index in [0.717, 1.165) is 12.1 Å². The average Bonchev–Trinajstić information content (AvgIpc) is 3.33. The fourth-order valence-electron chi connectivity index (χ4n) is 5.58. The molecule has 4 aromatic rings. The molecule has 228 valence electrons. The number of nitrogens with zero attached hydrogens (tertiary/aromatic N) is 4. The number of aromatic nitrogens is 2. The number of anilines is 2. The van der Waals surface area contributed by atoms with Gasteiger partial charge in [0.2, 0.25) is 0 Å². The molecule has 1 fully saturated rings. The van der Waals surface area contributed by atoms with Crippen molar-refractivity contribution in [3.63, 3.8) is 0 Å². The maximum absolute atomic E-state index is 15.5. The van der Waals surface area contributed by atoms with Gasteiger partial charge in [0.25, 0.3) is 5.91 Å². The molecule has 0 aliphatic carbocycles. The van der Waals surface area contributed by atoms with Gasteiger partial charge >= 0.3 is 6.36 Å². The molecule has 0 saturated carbocycles. The number of rotatable bonds is 8. The lowest BCUT2D eigenvalue weighted by molar-refractivity contribution is -0.274. The fourth-order valence-corrected chi connectivity index (χ4v) is 5.74. The number of aryl methyl sites for hydroxylation is 1. The number of piperazine rings is 1. The summed E-state index contributed by atoms with van der Waals surface area (Å²) in [5.74, 6) is -1.01. The number of hydrogen-bond donors (Lipinski definition) is 1. The number of carbonyl (C=O) groups excluding carboxylic acids is 1. The van der Waals surface area contributed by atoms with Gasteiger partial charge in [0.15, 0.2) is 0 Å². The zero-order chi connectivity index (χ0) is 30.9. The number of alkyl halides is 3. The molecular weight excluding hydrogens is 586 g/mol. The smallest absolute Gasteiger partial charge is 0.406 e. The lowest BCUT2D eigenvalue weighted by Crippen LogP contribution is -2.61. The van der Waals surface area contributed by atoms with Crippen molar-refractivity contribution in [3.05, 3.63) is 88.6 Å². The number of ether oxygens (including phenoxy) is 1. The van der Waals surface area contributed by atoms with Crippen molar-refractivity contribution in [2.75, 3.05) is 29.4 Å². The van der Waals surface area contributed by atoms with Crippen LogP contribution in [0.25, 0.3) is 5.65 Å². The molecule has 0 spiro atoms. The van der Waals surface area contributed by atoms with Gasteiger partial charge in [-0.2, -0.15) is 0 Å². The van der Waals surface area contributed by atoms with Crippen LogP contribution >= 0.6 is 11.6 Å². The summed E-state index contributed by atoms with van der Waals surface area (Å²) < 4.78 is 58.8. The topological polar surface area (TPSA) is 62.1 Å². The van der Waals surface area contributed by atoms with E-state index in [1.807, 2.05) is 18.7 Å². The molecule has 5 rings (SSSR count). The Morgan fingerprint density at radius 1 is 1.09 bits per heavy atom. The number of carbonyl (C=O) groups is 1. The highest BCUT2D eigenvalue weighted by molar-refractivity contribution is 6.30. The molecule has 1 aliphatic heterocycles. The molecule has 3 heterocycles. The second-order valence-corrected chi connectivity index (χ2v) is 11.2. The lowest BCUT2D eigenvalue weighted by atomic mass is 9.91. The summed E-state index contributed by atoms with van der Waals surface area (Å²) in [4.78, 5) is 21.8. The van der Waals surface area contributed by atoms with Gasteiger partial charge in [-0.3, -0.25) is 9.20 Å². The van der Waals surface area contributed by atoms with Gasteiger partial charge in [-0.05, 0) is 73.9 Å². The maximum atomic E-state index is 15.5. The highest BCUT2D eigenvalue weighted by Gasteiger charge is 2.37. The highest BCUT2D eigenvalue weighted by atomic mass is 35.5. The molecule has 1 N–H and O–H groups in total. The van der Waals surface area contributed by atoms with Crippen molar-refractivity contribution in [2.24, 2.45) is 0 Å². The van der Waals surface area contributed by atoms with Crippen molar-refractivity contribution < 1.29 is 27.1 Å². The van der Waals surface area contributed by atoms with Gasteiger partial charge in [0, 0.05) is 38.1 Å². The minimum atomic E-state index is -4.75. The average molecular weight is 618 g/mol. The van der Waals surface area contributed by atoms with E-state index in [-0.39, 0.29) is 18.2 Å². The number of pyridine rings is 1. The SMILES string of the molecule is CCc1nc2ccc(Cl)cn2c1C(=O)NCc1ccc(N2CCN(c3ccc(OC(F)(F)F)cc3)[C@@](C)(CC)C2)c(F)c1. The van der Waals surface area contributed by atoms with Gasteiger partial charge in [-0.25, -0.2) is 9.37 Å². The van der Waals surface area contributed by atoms with E-state index in [1.165, 1.54) is 18.2 Å². The van der Waals surface area contributed by atoms with Crippen molar-refractivity contribution in [2.45, 2.75) is 52.1 Å². The minimum absolute atomic E-state index is 0.126. The Balaban J connectivity index is 1.27. The number of hydrogen-bond acceptors (Lipinski definition) is 5. The summed E-state index contributed by atoms with van der Waals surface area (Å²) in [5.41, 5.74) is 3.09. The molecule has 1 aliphatic rings. The first-order chi connectivity index (χ1) is 20.4. The van der Waals surface area contributed by atoms with E-state index in [4.69, 9.17) is 11.6 Å². The lowest BCUT2D eigenvalue weighted by Gasteiger charge is -2.51. The van der Waals surface area contributed by atoms with E-state index >= 15 is 4.39 Å². The Kier molecular flexibility index (Phi) is 8.47. The third-order valence-corrected chi connectivity index (χ3v) is 8.15. The monoisotopic (exact) mass is 617 g/mol. The predicted molar refractivity (Wildman–Crippen MR) is 159 cm³/mol. The van der Waals surface area contributed by atoms with Crippen LogP contribution in [0, 0.1) is 5.82 Å². The van der Waals surface area contributed by atoms with Crippen LogP contribution in [0.15, 0.2) is 60.8 Å². The summed E-state index contributed by atoms with van der Waals surface area (Å²) in [6, 6.07) is 14.2. The van der Waals surface area contributed by atoms with Crippen LogP contribution in [0.5, 0.6) is 5.75 Å². The molecule has 2 aromatic carbocycles. The Bertz CT molecular complexity index is 1630. The molecule has 7 nitrogen and oxygen atoms in total. The Hall–Kier alpha value is -3.99. The predicted octanol–water partition coefficient (Wildman–Crippen LogP) is 7.01. The number of fused-ring (bicyclic) bond motifs is 1. The van der Waals surface area contributed by atoms with E-state index in [2.05, 4.69) is 26.9 Å². The molecule has 1 atom stereocenters. The van der Waals surface area contributed by atoms with Gasteiger partial charge in [-0.1, -0.05) is 31.5 Å². The van der Waals surface area contributed by atoms with Gasteiger partial charge < -0.3 is 19.9 Å². The minimum Gasteiger partial charge on any atom is -0.406 e. The molecule has 43 heavy (non-hydrogen) atoms. The molecule has 0 radical (unpaired) electrons. The summed E-state index contributed by atoms with van der Waals surface area (Å²) in [6.07, 6.45) is -1.82. The number of imidazole rings is 1. The zero-order valence-corrected chi connectivity index (χ0v) is 24.8. The van der Waals surface area contributed by atoms with Crippen molar-refractivity contribution in [1.82, 2.24) is 14.7 Å². The quantitative estimate of drug-likeness (QED) is 0.216. The zero-order valence-electron chi connectivity index (χ0n) is 24.0. The second-order valence-electron chi connectivity index (χ2n) is 10.8. The van der Waals surface area contributed by atoms with Crippen LogP contribution in [0.1, 0.15) is 48.9 Å².